The molecule has 0 bridgehead atoms. The predicted octanol–water partition coefficient (Wildman–Crippen LogP) is 2.68. The van der Waals surface area contributed by atoms with Gasteiger partial charge in [0.2, 0.25) is 6.43 Å². The molecule has 2 nitrogen and oxygen atoms in total. The summed E-state index contributed by atoms with van der Waals surface area (Å²) in [5, 5.41) is 0. The average Bonchev–Trinajstić information content (AvgIpc) is 2.73. The zero-order chi connectivity index (χ0) is 11.5. The molecule has 0 amide bonds. The maximum absolute atomic E-state index is 13.4. The molecule has 0 unspecified atom stereocenters. The highest BCUT2D eigenvalue weighted by Gasteiger charge is 2.24. The number of alkyl halides is 2. The van der Waals surface area contributed by atoms with Crippen LogP contribution in [0.1, 0.15) is 17.4 Å². The lowest BCUT2D eigenvalue weighted by atomic mass is 10.0. The maximum Gasteiger partial charge on any atom is 0.242 e. The van der Waals surface area contributed by atoms with Gasteiger partial charge in [-0.05, 0) is 6.07 Å². The predicted molar refractivity (Wildman–Crippen MR) is 50.8 cm³/mol. The molecular formula is C11H11F3O2. The van der Waals surface area contributed by atoms with Crippen molar-refractivity contribution in [2.24, 2.45) is 0 Å². The molecule has 1 fully saturated rings. The lowest BCUT2D eigenvalue weighted by molar-refractivity contribution is -0.0452. The van der Waals surface area contributed by atoms with Gasteiger partial charge in [-0.25, -0.2) is 13.2 Å². The Labute approximate surface area is 91.0 Å². The minimum atomic E-state index is -2.59. The Balaban J connectivity index is 2.31. The van der Waals surface area contributed by atoms with Gasteiger partial charge in [-0.15, -0.1) is 0 Å². The van der Waals surface area contributed by atoms with Crippen LogP contribution in [-0.4, -0.2) is 19.6 Å². The molecule has 0 saturated carbocycles. The van der Waals surface area contributed by atoms with Crippen LogP contribution in [0, 0.1) is 5.82 Å². The van der Waals surface area contributed by atoms with Gasteiger partial charge < -0.3 is 9.47 Å². The molecule has 16 heavy (non-hydrogen) atoms. The first kappa shape index (κ1) is 11.4. The number of hydrogen-bond donors (Lipinski definition) is 0. The standard InChI is InChI=1S/C11H11F3O2/c12-9-3-1-2-7(8(9)6-10(13)14)11-15-4-5-16-11/h1-3,10-11H,4-6H2. The molecule has 0 aliphatic carbocycles. The maximum atomic E-state index is 13.4. The Morgan fingerprint density at radius 1 is 1.25 bits per heavy atom. The smallest absolute Gasteiger partial charge is 0.242 e. The molecule has 0 aromatic heterocycles. The Morgan fingerprint density at radius 2 is 1.94 bits per heavy atom. The van der Waals surface area contributed by atoms with Crippen LogP contribution in [0.2, 0.25) is 0 Å². The van der Waals surface area contributed by atoms with Gasteiger partial charge >= 0.3 is 0 Å². The van der Waals surface area contributed by atoms with E-state index in [1.165, 1.54) is 6.07 Å². The molecule has 0 spiro atoms. The van der Waals surface area contributed by atoms with E-state index >= 15 is 0 Å². The summed E-state index contributed by atoms with van der Waals surface area (Å²) in [7, 11) is 0. The van der Waals surface area contributed by atoms with Gasteiger partial charge in [0.1, 0.15) is 5.82 Å². The first-order valence-corrected chi connectivity index (χ1v) is 4.97. The van der Waals surface area contributed by atoms with Crippen molar-refractivity contribution >= 4 is 0 Å². The fourth-order valence-electron chi connectivity index (χ4n) is 1.70. The quantitative estimate of drug-likeness (QED) is 0.797. The third-order valence-corrected chi connectivity index (χ3v) is 2.39. The molecule has 0 radical (unpaired) electrons. The summed E-state index contributed by atoms with van der Waals surface area (Å²) in [5.74, 6) is -0.642. The van der Waals surface area contributed by atoms with Gasteiger partial charge in [0.25, 0.3) is 0 Å². The molecule has 88 valence electrons. The normalized spacial score (nSPS) is 17.2. The molecule has 1 saturated heterocycles. The van der Waals surface area contributed by atoms with Gasteiger partial charge in [-0.3, -0.25) is 0 Å². The minimum absolute atomic E-state index is 0.0237. The van der Waals surface area contributed by atoms with Gasteiger partial charge in [0, 0.05) is 17.5 Å². The average molecular weight is 232 g/mol. The Morgan fingerprint density at radius 3 is 2.56 bits per heavy atom. The van der Waals surface area contributed by atoms with Crippen LogP contribution < -0.4 is 0 Å². The SMILES string of the molecule is Fc1cccc(C2OCCO2)c1CC(F)F. The molecule has 1 heterocycles. The first-order valence-electron chi connectivity index (χ1n) is 4.97. The highest BCUT2D eigenvalue weighted by atomic mass is 19.3. The third kappa shape index (κ3) is 2.36. The molecular weight excluding hydrogens is 221 g/mol. The van der Waals surface area contributed by atoms with Crippen molar-refractivity contribution in [1.29, 1.82) is 0 Å². The van der Waals surface area contributed by atoms with Crippen LogP contribution in [0.15, 0.2) is 18.2 Å². The van der Waals surface area contributed by atoms with E-state index < -0.39 is 25.0 Å². The summed E-state index contributed by atoms with van der Waals surface area (Å²) < 4.78 is 48.4. The van der Waals surface area contributed by atoms with Crippen LogP contribution in [-0.2, 0) is 15.9 Å². The molecule has 2 rings (SSSR count). The van der Waals surface area contributed by atoms with Crippen molar-refractivity contribution in [3.63, 3.8) is 0 Å². The number of rotatable bonds is 3. The molecule has 1 aliphatic heterocycles. The fourth-order valence-corrected chi connectivity index (χ4v) is 1.70. The van der Waals surface area contributed by atoms with E-state index in [1.807, 2.05) is 0 Å². The number of halogens is 3. The van der Waals surface area contributed by atoms with Crippen molar-refractivity contribution in [3.05, 3.63) is 35.1 Å². The number of ether oxygens (including phenoxy) is 2. The van der Waals surface area contributed by atoms with Crippen LogP contribution in [0.3, 0.4) is 0 Å². The Hall–Kier alpha value is -1.07. The lowest BCUT2D eigenvalue weighted by Crippen LogP contribution is -2.08. The van der Waals surface area contributed by atoms with Crippen molar-refractivity contribution in [2.75, 3.05) is 13.2 Å². The van der Waals surface area contributed by atoms with Crippen LogP contribution in [0.4, 0.5) is 13.2 Å². The van der Waals surface area contributed by atoms with Crippen molar-refractivity contribution < 1.29 is 22.6 Å². The van der Waals surface area contributed by atoms with Gasteiger partial charge in [-0.2, -0.15) is 0 Å². The van der Waals surface area contributed by atoms with Gasteiger partial charge in [0.05, 0.1) is 13.2 Å². The molecule has 1 aromatic carbocycles. The molecule has 5 heteroatoms. The van der Waals surface area contributed by atoms with Gasteiger partial charge in [-0.1, -0.05) is 12.1 Å². The van der Waals surface area contributed by atoms with E-state index in [1.54, 1.807) is 6.07 Å². The monoisotopic (exact) mass is 232 g/mol. The van der Waals surface area contributed by atoms with Gasteiger partial charge in [0.15, 0.2) is 6.29 Å². The third-order valence-electron chi connectivity index (χ3n) is 2.39. The topological polar surface area (TPSA) is 18.5 Å². The second kappa shape index (κ2) is 4.84. The Kier molecular flexibility index (Phi) is 3.46. The lowest BCUT2D eigenvalue weighted by Gasteiger charge is -2.15. The summed E-state index contributed by atoms with van der Waals surface area (Å²) >= 11 is 0. The number of hydrogen-bond acceptors (Lipinski definition) is 2. The van der Waals surface area contributed by atoms with Crippen LogP contribution in [0.25, 0.3) is 0 Å². The van der Waals surface area contributed by atoms with Crippen molar-refractivity contribution in [2.45, 2.75) is 19.1 Å². The zero-order valence-electron chi connectivity index (χ0n) is 8.46. The molecule has 0 N–H and O–H groups in total. The zero-order valence-corrected chi connectivity index (χ0v) is 8.46. The van der Waals surface area contributed by atoms with E-state index in [0.717, 1.165) is 6.07 Å². The summed E-state index contributed by atoms with van der Waals surface area (Å²) in [5.41, 5.74) is 0.335. The van der Waals surface area contributed by atoms with E-state index in [0.29, 0.717) is 18.8 Å². The highest BCUT2D eigenvalue weighted by molar-refractivity contribution is 5.30. The van der Waals surface area contributed by atoms with E-state index in [2.05, 4.69) is 0 Å². The first-order chi connectivity index (χ1) is 7.68. The van der Waals surface area contributed by atoms with Crippen molar-refractivity contribution in [3.8, 4) is 0 Å². The van der Waals surface area contributed by atoms with Crippen LogP contribution in [0.5, 0.6) is 0 Å². The van der Waals surface area contributed by atoms with E-state index in [4.69, 9.17) is 9.47 Å². The molecule has 1 aromatic rings. The highest BCUT2D eigenvalue weighted by Crippen LogP contribution is 2.29. The fraction of sp³-hybridized carbons (Fsp3) is 0.455. The van der Waals surface area contributed by atoms with Crippen LogP contribution >= 0.6 is 0 Å². The van der Waals surface area contributed by atoms with E-state index in [-0.39, 0.29) is 5.56 Å². The summed E-state index contributed by atoms with van der Waals surface area (Å²) in [6.45, 7) is 0.796. The largest absolute Gasteiger partial charge is 0.346 e. The molecule has 0 atom stereocenters. The second-order valence-electron chi connectivity index (χ2n) is 3.48. The summed E-state index contributed by atoms with van der Waals surface area (Å²) in [4.78, 5) is 0. The van der Waals surface area contributed by atoms with Crippen molar-refractivity contribution in [1.82, 2.24) is 0 Å². The Bertz CT molecular complexity index is 362. The second-order valence-corrected chi connectivity index (χ2v) is 3.48. The van der Waals surface area contributed by atoms with E-state index in [9.17, 15) is 13.2 Å². The number of benzene rings is 1. The summed E-state index contributed by atoms with van der Waals surface area (Å²) in [6, 6.07) is 4.18. The molecule has 1 aliphatic rings. The summed E-state index contributed by atoms with van der Waals surface area (Å²) in [6.07, 6.45) is -3.92. The minimum Gasteiger partial charge on any atom is -0.346 e.